The summed E-state index contributed by atoms with van der Waals surface area (Å²) in [4.78, 5) is 28.6. The number of likely N-dealkylation sites (tertiary alicyclic amines) is 1. The quantitative estimate of drug-likeness (QED) is 0.823. The van der Waals surface area contributed by atoms with Gasteiger partial charge in [0.1, 0.15) is 6.04 Å². The van der Waals surface area contributed by atoms with E-state index in [1.165, 1.54) is 0 Å². The van der Waals surface area contributed by atoms with Gasteiger partial charge in [0.15, 0.2) is 0 Å². The Morgan fingerprint density at radius 1 is 1.27 bits per heavy atom. The van der Waals surface area contributed by atoms with E-state index in [9.17, 15) is 9.59 Å². The van der Waals surface area contributed by atoms with Crippen molar-refractivity contribution in [3.8, 4) is 0 Å². The van der Waals surface area contributed by atoms with Crippen LogP contribution in [0.4, 0.5) is 0 Å². The van der Waals surface area contributed by atoms with Gasteiger partial charge in [-0.3, -0.25) is 9.59 Å². The van der Waals surface area contributed by atoms with Gasteiger partial charge in [-0.2, -0.15) is 0 Å². The van der Waals surface area contributed by atoms with Crippen molar-refractivity contribution in [3.05, 3.63) is 0 Å². The van der Waals surface area contributed by atoms with Crippen LogP contribution in [0.3, 0.4) is 0 Å². The van der Waals surface area contributed by atoms with Crippen LogP contribution in [0.5, 0.6) is 0 Å². The van der Waals surface area contributed by atoms with Gasteiger partial charge in [0.05, 0.1) is 12.7 Å². The molecular formula is C16H29N3O3. The number of carbonyl (C=O) groups is 2. The average molecular weight is 311 g/mol. The molecule has 0 aliphatic carbocycles. The van der Waals surface area contributed by atoms with Crippen molar-refractivity contribution in [1.29, 1.82) is 0 Å². The van der Waals surface area contributed by atoms with Crippen LogP contribution >= 0.6 is 0 Å². The molecule has 0 aromatic rings. The summed E-state index contributed by atoms with van der Waals surface area (Å²) in [5.41, 5.74) is 0. The van der Waals surface area contributed by atoms with E-state index in [0.717, 1.165) is 19.4 Å². The van der Waals surface area contributed by atoms with Crippen molar-refractivity contribution in [2.75, 3.05) is 33.3 Å². The Bertz CT molecular complexity index is 405. The van der Waals surface area contributed by atoms with Gasteiger partial charge >= 0.3 is 0 Å². The largest absolute Gasteiger partial charge is 0.375 e. The molecule has 2 heterocycles. The Balaban J connectivity index is 1.86. The van der Waals surface area contributed by atoms with Gasteiger partial charge < -0.3 is 19.9 Å². The highest BCUT2D eigenvalue weighted by Crippen LogP contribution is 2.21. The zero-order valence-corrected chi connectivity index (χ0v) is 14.2. The van der Waals surface area contributed by atoms with E-state index in [1.54, 1.807) is 4.90 Å². The first-order valence-electron chi connectivity index (χ1n) is 8.32. The topological polar surface area (TPSA) is 61.9 Å². The minimum Gasteiger partial charge on any atom is -0.375 e. The lowest BCUT2D eigenvalue weighted by molar-refractivity contribution is -0.145. The van der Waals surface area contributed by atoms with Crippen LogP contribution in [0.1, 0.15) is 33.6 Å². The Labute approximate surface area is 133 Å². The summed E-state index contributed by atoms with van der Waals surface area (Å²) in [6, 6.07) is -0.0315. The fourth-order valence-corrected chi connectivity index (χ4v) is 3.10. The van der Waals surface area contributed by atoms with E-state index in [0.29, 0.717) is 19.7 Å². The molecule has 2 aliphatic heterocycles. The lowest BCUT2D eigenvalue weighted by atomic mass is 9.94. The van der Waals surface area contributed by atoms with E-state index >= 15 is 0 Å². The van der Waals surface area contributed by atoms with Crippen molar-refractivity contribution in [1.82, 2.24) is 15.1 Å². The summed E-state index contributed by atoms with van der Waals surface area (Å²) in [5.74, 6) is 0.356. The summed E-state index contributed by atoms with van der Waals surface area (Å²) < 4.78 is 5.55. The number of rotatable bonds is 3. The van der Waals surface area contributed by atoms with Gasteiger partial charge in [-0.1, -0.05) is 0 Å². The van der Waals surface area contributed by atoms with Crippen LogP contribution in [0.15, 0.2) is 0 Å². The zero-order chi connectivity index (χ0) is 16.3. The van der Waals surface area contributed by atoms with Gasteiger partial charge in [0.25, 0.3) is 0 Å². The molecule has 2 aliphatic rings. The number of nitrogens with one attached hydrogen (secondary N) is 1. The summed E-state index contributed by atoms with van der Waals surface area (Å²) in [6.45, 7) is 8.66. The molecule has 126 valence electrons. The molecule has 0 unspecified atom stereocenters. The molecular weight excluding hydrogens is 282 g/mol. The third kappa shape index (κ3) is 3.79. The van der Waals surface area contributed by atoms with Crippen molar-refractivity contribution < 1.29 is 14.3 Å². The first-order valence-corrected chi connectivity index (χ1v) is 8.32. The third-order valence-electron chi connectivity index (χ3n) is 4.86. The van der Waals surface area contributed by atoms with Crippen LogP contribution in [0.25, 0.3) is 0 Å². The maximum atomic E-state index is 12.6. The maximum absolute atomic E-state index is 12.6. The number of piperidine rings is 1. The molecule has 6 nitrogen and oxygen atoms in total. The van der Waals surface area contributed by atoms with E-state index in [2.05, 4.69) is 5.32 Å². The smallest absolute Gasteiger partial charge is 0.242 e. The molecule has 0 bridgehead atoms. The second-order valence-corrected chi connectivity index (χ2v) is 6.65. The number of nitrogens with zero attached hydrogens (tertiary/aromatic N) is 2. The summed E-state index contributed by atoms with van der Waals surface area (Å²) in [6.07, 6.45) is 1.42. The SMILES string of the molecule is CC(C)N(C)C(=O)C1CCN(C(=O)[C@H]2NCCO[C@@H]2C)CC1. The first-order chi connectivity index (χ1) is 10.4. The van der Waals surface area contributed by atoms with Gasteiger partial charge in [-0.25, -0.2) is 0 Å². The molecule has 2 saturated heterocycles. The highest BCUT2D eigenvalue weighted by Gasteiger charge is 2.35. The van der Waals surface area contributed by atoms with E-state index < -0.39 is 0 Å². The summed E-state index contributed by atoms with van der Waals surface area (Å²) >= 11 is 0. The van der Waals surface area contributed by atoms with Gasteiger partial charge in [0.2, 0.25) is 11.8 Å². The minimum atomic E-state index is -0.251. The van der Waals surface area contributed by atoms with Crippen molar-refractivity contribution in [2.45, 2.75) is 51.8 Å². The molecule has 2 fully saturated rings. The Hall–Kier alpha value is -1.14. The van der Waals surface area contributed by atoms with Crippen LogP contribution in [-0.4, -0.2) is 73.1 Å². The number of morpholine rings is 1. The fraction of sp³-hybridized carbons (Fsp3) is 0.875. The van der Waals surface area contributed by atoms with E-state index in [1.807, 2.05) is 32.7 Å². The zero-order valence-electron chi connectivity index (χ0n) is 14.2. The Kier molecular flexibility index (Phi) is 5.81. The van der Waals surface area contributed by atoms with E-state index in [4.69, 9.17) is 4.74 Å². The molecule has 0 aromatic carbocycles. The van der Waals surface area contributed by atoms with Gasteiger partial charge in [-0.15, -0.1) is 0 Å². The second kappa shape index (κ2) is 7.42. The van der Waals surface area contributed by atoms with Crippen molar-refractivity contribution >= 4 is 11.8 Å². The highest BCUT2D eigenvalue weighted by molar-refractivity contribution is 5.83. The number of ether oxygens (including phenoxy) is 1. The maximum Gasteiger partial charge on any atom is 0.242 e. The van der Waals surface area contributed by atoms with Crippen LogP contribution in [0, 0.1) is 5.92 Å². The molecule has 2 rings (SSSR count). The second-order valence-electron chi connectivity index (χ2n) is 6.65. The Morgan fingerprint density at radius 3 is 2.45 bits per heavy atom. The predicted molar refractivity (Wildman–Crippen MR) is 84.4 cm³/mol. The molecule has 6 heteroatoms. The average Bonchev–Trinajstić information content (AvgIpc) is 2.53. The molecule has 2 amide bonds. The molecule has 0 aromatic heterocycles. The van der Waals surface area contributed by atoms with Crippen molar-refractivity contribution in [3.63, 3.8) is 0 Å². The van der Waals surface area contributed by atoms with Crippen LogP contribution in [0.2, 0.25) is 0 Å². The lowest BCUT2D eigenvalue weighted by Gasteiger charge is -2.38. The normalized spacial score (nSPS) is 27.0. The molecule has 0 spiro atoms. The van der Waals surface area contributed by atoms with Crippen LogP contribution in [-0.2, 0) is 14.3 Å². The summed E-state index contributed by atoms with van der Waals surface area (Å²) in [7, 11) is 1.86. The molecule has 0 saturated carbocycles. The number of hydrogen-bond donors (Lipinski definition) is 1. The monoisotopic (exact) mass is 311 g/mol. The fourth-order valence-electron chi connectivity index (χ4n) is 3.10. The number of carbonyl (C=O) groups excluding carboxylic acids is 2. The predicted octanol–water partition coefficient (Wildman–Crippen LogP) is 0.469. The number of hydrogen-bond acceptors (Lipinski definition) is 4. The van der Waals surface area contributed by atoms with Crippen LogP contribution < -0.4 is 5.32 Å². The van der Waals surface area contributed by atoms with Gasteiger partial charge in [0, 0.05) is 38.6 Å². The van der Waals surface area contributed by atoms with Gasteiger partial charge in [-0.05, 0) is 33.6 Å². The summed E-state index contributed by atoms with van der Waals surface area (Å²) in [5, 5.41) is 3.24. The molecule has 2 atom stereocenters. The molecule has 0 radical (unpaired) electrons. The molecule has 22 heavy (non-hydrogen) atoms. The van der Waals surface area contributed by atoms with Crippen molar-refractivity contribution in [2.24, 2.45) is 5.92 Å². The first kappa shape index (κ1) is 17.2. The third-order valence-corrected chi connectivity index (χ3v) is 4.86. The molecule has 1 N–H and O–H groups in total. The van der Waals surface area contributed by atoms with E-state index in [-0.39, 0.29) is 35.9 Å². The minimum absolute atomic E-state index is 0.0458. The standard InChI is InChI=1S/C16H29N3O3/c1-11(2)18(4)15(20)13-5-8-19(9-6-13)16(21)14-12(3)22-10-7-17-14/h11-14,17H,5-10H2,1-4H3/t12-,14+/m1/s1. The lowest BCUT2D eigenvalue weighted by Crippen LogP contribution is -2.58. The highest BCUT2D eigenvalue weighted by atomic mass is 16.5. The number of amides is 2. The Morgan fingerprint density at radius 2 is 1.91 bits per heavy atom.